The molecule has 0 radical (unpaired) electrons. The molecular weight excluding hydrogens is 342 g/mol. The van der Waals surface area contributed by atoms with Crippen molar-refractivity contribution in [1.82, 2.24) is 9.55 Å². The van der Waals surface area contributed by atoms with Gasteiger partial charge >= 0.3 is 5.69 Å². The minimum atomic E-state index is -3.15. The predicted octanol–water partition coefficient (Wildman–Crippen LogP) is 2.20. The fourth-order valence-electron chi connectivity index (χ4n) is 3.76. The van der Waals surface area contributed by atoms with Gasteiger partial charge in [0.2, 0.25) is 6.23 Å². The van der Waals surface area contributed by atoms with E-state index in [1.165, 1.54) is 17.8 Å². The van der Waals surface area contributed by atoms with Gasteiger partial charge in [0, 0.05) is 31.4 Å². The van der Waals surface area contributed by atoms with E-state index >= 15 is 0 Å². The van der Waals surface area contributed by atoms with E-state index < -0.39 is 30.4 Å². The number of ether oxygens (including phenoxy) is 1. The van der Waals surface area contributed by atoms with Gasteiger partial charge in [-0.2, -0.15) is 4.98 Å². The largest absolute Gasteiger partial charge is 0.383 e. The molecule has 1 fully saturated rings. The molecule has 0 amide bonds. The summed E-state index contributed by atoms with van der Waals surface area (Å²) in [6, 6.07) is 9.32. The van der Waals surface area contributed by atoms with Crippen LogP contribution in [0, 0.1) is 0 Å². The third-order valence-corrected chi connectivity index (χ3v) is 4.92. The maximum Gasteiger partial charge on any atom is 0.351 e. The fourth-order valence-corrected chi connectivity index (χ4v) is 3.76. The fraction of sp³-hybridized carbons (Fsp3) is 0.444. The number of alkyl halides is 2. The van der Waals surface area contributed by atoms with Gasteiger partial charge in [-0.25, -0.2) is 13.6 Å². The number of para-hydroxylation sites is 1. The summed E-state index contributed by atoms with van der Waals surface area (Å²) in [5.74, 6) is -3.16. The number of nitrogen functional groups attached to an aromatic ring is 1. The third-order valence-electron chi connectivity index (χ3n) is 4.92. The number of hydrogen-bond acceptors (Lipinski definition) is 5. The number of fused-ring (bicyclic) bond motifs is 1. The molecule has 138 valence electrons. The van der Waals surface area contributed by atoms with Crippen LogP contribution in [0.3, 0.4) is 0 Å². The Balaban J connectivity index is 1.55. The molecule has 8 heteroatoms. The van der Waals surface area contributed by atoms with Crippen molar-refractivity contribution in [2.75, 3.05) is 23.7 Å². The number of nitrogens with two attached hydrogens (primary N) is 1. The molecule has 26 heavy (non-hydrogen) atoms. The molecule has 4 rings (SSSR count). The van der Waals surface area contributed by atoms with E-state index in [-0.39, 0.29) is 5.82 Å². The van der Waals surface area contributed by atoms with E-state index in [0.717, 1.165) is 29.6 Å². The lowest BCUT2D eigenvalue weighted by atomic mass is 10.0. The van der Waals surface area contributed by atoms with E-state index in [4.69, 9.17) is 10.5 Å². The van der Waals surface area contributed by atoms with Crippen molar-refractivity contribution in [3.63, 3.8) is 0 Å². The molecule has 3 heterocycles. The maximum atomic E-state index is 14.5. The lowest BCUT2D eigenvalue weighted by Gasteiger charge is -2.33. The van der Waals surface area contributed by atoms with Crippen LogP contribution in [0.1, 0.15) is 24.6 Å². The van der Waals surface area contributed by atoms with E-state index in [2.05, 4.69) is 16.0 Å². The van der Waals surface area contributed by atoms with E-state index in [0.29, 0.717) is 6.54 Å². The van der Waals surface area contributed by atoms with Crippen LogP contribution in [-0.2, 0) is 11.2 Å². The predicted molar refractivity (Wildman–Crippen MR) is 93.4 cm³/mol. The SMILES string of the molecule is Nc1ccn([C@@H]2O[C@H](CN3CCCc4ccccc43)CC2(F)F)c(=O)n1. The second-order valence-electron chi connectivity index (χ2n) is 6.80. The molecule has 1 saturated heterocycles. The van der Waals surface area contributed by atoms with Gasteiger partial charge in [0.05, 0.1) is 6.10 Å². The molecule has 0 bridgehead atoms. The minimum absolute atomic E-state index is 0.00552. The van der Waals surface area contributed by atoms with Crippen LogP contribution >= 0.6 is 0 Å². The zero-order chi connectivity index (χ0) is 18.3. The van der Waals surface area contributed by atoms with E-state index in [9.17, 15) is 13.6 Å². The van der Waals surface area contributed by atoms with Crippen molar-refractivity contribution < 1.29 is 13.5 Å². The lowest BCUT2D eigenvalue weighted by Crippen LogP contribution is -2.36. The number of hydrogen-bond donors (Lipinski definition) is 1. The number of benzene rings is 1. The normalized spacial score (nSPS) is 24.5. The Morgan fingerprint density at radius 1 is 1.31 bits per heavy atom. The summed E-state index contributed by atoms with van der Waals surface area (Å²) in [5, 5.41) is 0. The summed E-state index contributed by atoms with van der Waals surface area (Å²) in [6.45, 7) is 1.16. The maximum absolute atomic E-state index is 14.5. The van der Waals surface area contributed by atoms with Gasteiger partial charge in [0.15, 0.2) is 0 Å². The molecule has 0 saturated carbocycles. The van der Waals surface area contributed by atoms with Crippen LogP contribution in [0.5, 0.6) is 0 Å². The Morgan fingerprint density at radius 3 is 2.92 bits per heavy atom. The van der Waals surface area contributed by atoms with Crippen LogP contribution in [-0.4, -0.2) is 34.7 Å². The molecule has 2 aliphatic rings. The van der Waals surface area contributed by atoms with Crippen LogP contribution in [0.15, 0.2) is 41.3 Å². The third kappa shape index (κ3) is 3.05. The molecule has 2 aromatic rings. The van der Waals surface area contributed by atoms with E-state index in [1.807, 2.05) is 18.2 Å². The van der Waals surface area contributed by atoms with Gasteiger partial charge in [-0.3, -0.25) is 4.57 Å². The van der Waals surface area contributed by atoms with Crippen molar-refractivity contribution in [1.29, 1.82) is 0 Å². The van der Waals surface area contributed by atoms with Crippen LogP contribution in [0.2, 0.25) is 0 Å². The highest BCUT2D eigenvalue weighted by Crippen LogP contribution is 2.42. The number of aromatic nitrogens is 2. The molecule has 2 aliphatic heterocycles. The summed E-state index contributed by atoms with van der Waals surface area (Å²) in [7, 11) is 0. The summed E-state index contributed by atoms with van der Waals surface area (Å²) >= 11 is 0. The van der Waals surface area contributed by atoms with Gasteiger partial charge in [-0.05, 0) is 30.5 Å². The van der Waals surface area contributed by atoms with Crippen molar-refractivity contribution >= 4 is 11.5 Å². The van der Waals surface area contributed by atoms with Gasteiger partial charge in [-0.1, -0.05) is 18.2 Å². The second-order valence-corrected chi connectivity index (χ2v) is 6.80. The van der Waals surface area contributed by atoms with Gasteiger partial charge in [0.25, 0.3) is 5.92 Å². The Labute approximate surface area is 149 Å². The number of anilines is 2. The minimum Gasteiger partial charge on any atom is -0.383 e. The van der Waals surface area contributed by atoms with Crippen molar-refractivity contribution in [3.05, 3.63) is 52.6 Å². The molecule has 2 atom stereocenters. The first-order valence-corrected chi connectivity index (χ1v) is 8.65. The average molecular weight is 362 g/mol. The van der Waals surface area contributed by atoms with E-state index in [1.54, 1.807) is 0 Å². The zero-order valence-corrected chi connectivity index (χ0v) is 14.1. The van der Waals surface area contributed by atoms with Gasteiger partial charge < -0.3 is 15.4 Å². The first-order valence-electron chi connectivity index (χ1n) is 8.65. The molecule has 1 aromatic carbocycles. The molecular formula is C18H20F2N4O2. The quantitative estimate of drug-likeness (QED) is 0.906. The smallest absolute Gasteiger partial charge is 0.351 e. The monoisotopic (exact) mass is 362 g/mol. The lowest BCUT2D eigenvalue weighted by molar-refractivity contribution is -0.116. The van der Waals surface area contributed by atoms with Crippen molar-refractivity contribution in [2.24, 2.45) is 0 Å². The Bertz CT molecular complexity index is 870. The highest BCUT2D eigenvalue weighted by Gasteiger charge is 2.52. The standard InChI is InChI=1S/C18H20F2N4O2/c19-18(20)10-13(26-16(18)24-9-7-15(21)22-17(24)25)11-23-8-3-5-12-4-1-2-6-14(12)23/h1-2,4,6-7,9,13,16H,3,5,8,10-11H2,(H2,21,22,25)/t13-,16+/m0/s1. The second kappa shape index (κ2) is 6.35. The summed E-state index contributed by atoms with van der Waals surface area (Å²) in [5.41, 5.74) is 6.89. The Morgan fingerprint density at radius 2 is 2.12 bits per heavy atom. The van der Waals surface area contributed by atoms with Crippen LogP contribution in [0.25, 0.3) is 0 Å². The highest BCUT2D eigenvalue weighted by molar-refractivity contribution is 5.55. The molecule has 0 unspecified atom stereocenters. The van der Waals surface area contributed by atoms with Crippen molar-refractivity contribution in [2.45, 2.75) is 37.5 Å². The molecule has 2 N–H and O–H groups in total. The topological polar surface area (TPSA) is 73.4 Å². The van der Waals surface area contributed by atoms with Gasteiger partial charge in [-0.15, -0.1) is 0 Å². The molecule has 6 nitrogen and oxygen atoms in total. The van der Waals surface area contributed by atoms with Crippen LogP contribution < -0.4 is 16.3 Å². The van der Waals surface area contributed by atoms with Crippen molar-refractivity contribution in [3.8, 4) is 0 Å². The molecule has 0 aliphatic carbocycles. The number of rotatable bonds is 3. The number of aryl methyl sites for hydroxylation is 1. The Kier molecular flexibility index (Phi) is 4.14. The van der Waals surface area contributed by atoms with Gasteiger partial charge in [0.1, 0.15) is 5.82 Å². The first kappa shape index (κ1) is 17.0. The summed E-state index contributed by atoms with van der Waals surface area (Å²) < 4.78 is 35.4. The molecule has 0 spiro atoms. The summed E-state index contributed by atoms with van der Waals surface area (Å²) in [4.78, 5) is 17.5. The average Bonchev–Trinajstić information content (AvgIpc) is 2.89. The summed E-state index contributed by atoms with van der Waals surface area (Å²) in [6.07, 6.45) is 0.405. The molecule has 1 aromatic heterocycles. The zero-order valence-electron chi connectivity index (χ0n) is 14.1. The highest BCUT2D eigenvalue weighted by atomic mass is 19.3. The van der Waals surface area contributed by atoms with Crippen LogP contribution in [0.4, 0.5) is 20.3 Å². The number of halogens is 2. The Hall–Kier alpha value is -2.48. The number of nitrogens with zero attached hydrogens (tertiary/aromatic N) is 3. The first-order chi connectivity index (χ1) is 12.4.